The lowest BCUT2D eigenvalue weighted by Crippen LogP contribution is -2.58. The lowest BCUT2D eigenvalue weighted by Gasteiger charge is -2.39. The number of piperazine rings is 1. The first-order chi connectivity index (χ1) is 12.4. The summed E-state index contributed by atoms with van der Waals surface area (Å²) >= 11 is 0. The number of carbonyl (C=O) groups is 2. The van der Waals surface area contributed by atoms with Gasteiger partial charge in [0.15, 0.2) is 0 Å². The van der Waals surface area contributed by atoms with Gasteiger partial charge in [-0.1, -0.05) is 24.3 Å². The minimum atomic E-state index is -0.527. The standard InChI is InChI=1S/C21H24N2O3/c1-14-9-10-19(26-4)18(13-14)23-12-11-22(16(3)20(23)24)21(25)17-8-6-5-7-15(17)2/h5-10,13,16H,11-12H2,1-4H3. The van der Waals surface area contributed by atoms with Crippen LogP contribution in [0.5, 0.6) is 5.75 Å². The summed E-state index contributed by atoms with van der Waals surface area (Å²) in [4.78, 5) is 29.3. The third kappa shape index (κ3) is 3.17. The molecule has 0 N–H and O–H groups in total. The normalized spacial score (nSPS) is 17.4. The van der Waals surface area contributed by atoms with Crippen LogP contribution < -0.4 is 9.64 Å². The molecular weight excluding hydrogens is 328 g/mol. The molecule has 2 amide bonds. The number of rotatable bonds is 3. The average molecular weight is 352 g/mol. The van der Waals surface area contributed by atoms with Gasteiger partial charge in [0.25, 0.3) is 5.91 Å². The van der Waals surface area contributed by atoms with Crippen molar-refractivity contribution < 1.29 is 14.3 Å². The number of benzene rings is 2. The lowest BCUT2D eigenvalue weighted by atomic mass is 10.0. The molecular formula is C21H24N2O3. The van der Waals surface area contributed by atoms with Gasteiger partial charge in [0.1, 0.15) is 11.8 Å². The zero-order valence-corrected chi connectivity index (χ0v) is 15.7. The smallest absolute Gasteiger partial charge is 0.254 e. The molecule has 0 bridgehead atoms. The van der Waals surface area contributed by atoms with Gasteiger partial charge in [-0.05, 0) is 50.1 Å². The minimum absolute atomic E-state index is 0.0953. The molecule has 1 atom stereocenters. The molecule has 5 heteroatoms. The fourth-order valence-electron chi connectivity index (χ4n) is 3.37. The molecule has 1 saturated heterocycles. The Hall–Kier alpha value is -2.82. The van der Waals surface area contributed by atoms with Crippen LogP contribution >= 0.6 is 0 Å². The summed E-state index contributed by atoms with van der Waals surface area (Å²) in [6.07, 6.45) is 0. The molecule has 3 rings (SSSR count). The van der Waals surface area contributed by atoms with Crippen molar-refractivity contribution in [2.45, 2.75) is 26.8 Å². The molecule has 0 saturated carbocycles. The van der Waals surface area contributed by atoms with E-state index in [4.69, 9.17) is 4.74 Å². The van der Waals surface area contributed by atoms with E-state index in [1.165, 1.54) is 0 Å². The number of methoxy groups -OCH3 is 1. The summed E-state index contributed by atoms with van der Waals surface area (Å²) in [5.74, 6) is 0.469. The van der Waals surface area contributed by atoms with E-state index < -0.39 is 6.04 Å². The van der Waals surface area contributed by atoms with Crippen LogP contribution in [0, 0.1) is 13.8 Å². The third-order valence-corrected chi connectivity index (χ3v) is 4.92. The van der Waals surface area contributed by atoms with Crippen molar-refractivity contribution in [2.75, 3.05) is 25.1 Å². The molecule has 1 heterocycles. The maximum Gasteiger partial charge on any atom is 0.254 e. The quantitative estimate of drug-likeness (QED) is 0.852. The van der Waals surface area contributed by atoms with E-state index in [0.29, 0.717) is 24.4 Å². The maximum absolute atomic E-state index is 13.0. The molecule has 1 aliphatic heterocycles. The van der Waals surface area contributed by atoms with Crippen LogP contribution in [0.4, 0.5) is 5.69 Å². The highest BCUT2D eigenvalue weighted by molar-refractivity contribution is 6.04. The molecule has 0 aliphatic carbocycles. The topological polar surface area (TPSA) is 49.9 Å². The first kappa shape index (κ1) is 18.0. The van der Waals surface area contributed by atoms with Gasteiger partial charge in [-0.25, -0.2) is 0 Å². The highest BCUT2D eigenvalue weighted by atomic mass is 16.5. The second-order valence-corrected chi connectivity index (χ2v) is 6.65. The van der Waals surface area contributed by atoms with Crippen molar-refractivity contribution in [3.8, 4) is 5.75 Å². The molecule has 1 fully saturated rings. The summed E-state index contributed by atoms with van der Waals surface area (Å²) in [6.45, 7) is 6.60. The Kier molecular flexibility index (Phi) is 4.98. The predicted octanol–water partition coefficient (Wildman–Crippen LogP) is 3.19. The third-order valence-electron chi connectivity index (χ3n) is 4.92. The van der Waals surface area contributed by atoms with Gasteiger partial charge in [-0.2, -0.15) is 0 Å². The van der Waals surface area contributed by atoms with E-state index in [-0.39, 0.29) is 11.8 Å². The van der Waals surface area contributed by atoms with Gasteiger partial charge in [0.2, 0.25) is 5.91 Å². The molecule has 1 unspecified atom stereocenters. The van der Waals surface area contributed by atoms with Crippen LogP contribution in [-0.2, 0) is 4.79 Å². The van der Waals surface area contributed by atoms with Crippen LogP contribution in [0.3, 0.4) is 0 Å². The van der Waals surface area contributed by atoms with E-state index in [2.05, 4.69) is 0 Å². The number of hydrogen-bond acceptors (Lipinski definition) is 3. The molecule has 2 aromatic rings. The highest BCUT2D eigenvalue weighted by Gasteiger charge is 2.36. The Labute approximate surface area is 154 Å². The van der Waals surface area contributed by atoms with Crippen molar-refractivity contribution in [1.82, 2.24) is 4.90 Å². The number of aryl methyl sites for hydroxylation is 2. The van der Waals surface area contributed by atoms with Crippen LogP contribution in [0.1, 0.15) is 28.4 Å². The van der Waals surface area contributed by atoms with Crippen LogP contribution in [0.25, 0.3) is 0 Å². The summed E-state index contributed by atoms with van der Waals surface area (Å²) < 4.78 is 5.42. The monoisotopic (exact) mass is 352 g/mol. The molecule has 0 spiro atoms. The second-order valence-electron chi connectivity index (χ2n) is 6.65. The number of amides is 2. The van der Waals surface area contributed by atoms with E-state index in [1.807, 2.05) is 56.3 Å². The zero-order chi connectivity index (χ0) is 18.8. The van der Waals surface area contributed by atoms with E-state index in [9.17, 15) is 9.59 Å². The number of hydrogen-bond donors (Lipinski definition) is 0. The van der Waals surface area contributed by atoms with Crippen molar-refractivity contribution in [3.63, 3.8) is 0 Å². The van der Waals surface area contributed by atoms with Crippen LogP contribution in [0.15, 0.2) is 42.5 Å². The molecule has 5 nitrogen and oxygen atoms in total. The molecule has 26 heavy (non-hydrogen) atoms. The van der Waals surface area contributed by atoms with Gasteiger partial charge < -0.3 is 14.5 Å². The highest BCUT2D eigenvalue weighted by Crippen LogP contribution is 2.32. The summed E-state index contributed by atoms with van der Waals surface area (Å²) in [5.41, 5.74) is 3.38. The van der Waals surface area contributed by atoms with Gasteiger partial charge >= 0.3 is 0 Å². The molecule has 0 aromatic heterocycles. The SMILES string of the molecule is COc1ccc(C)cc1N1CCN(C(=O)c2ccccc2C)C(C)C1=O. The Morgan fingerprint density at radius 2 is 1.85 bits per heavy atom. The Morgan fingerprint density at radius 3 is 2.54 bits per heavy atom. The van der Waals surface area contributed by atoms with Crippen molar-refractivity contribution in [3.05, 3.63) is 59.2 Å². The largest absolute Gasteiger partial charge is 0.495 e. The fraction of sp³-hybridized carbons (Fsp3) is 0.333. The molecule has 1 aliphatic rings. The number of carbonyl (C=O) groups excluding carboxylic acids is 2. The van der Waals surface area contributed by atoms with Gasteiger partial charge in [0, 0.05) is 18.7 Å². The maximum atomic E-state index is 13.0. The predicted molar refractivity (Wildman–Crippen MR) is 102 cm³/mol. The molecule has 136 valence electrons. The number of ether oxygens (including phenoxy) is 1. The first-order valence-electron chi connectivity index (χ1n) is 8.76. The van der Waals surface area contributed by atoms with Gasteiger partial charge in [0.05, 0.1) is 12.8 Å². The Balaban J connectivity index is 1.87. The average Bonchev–Trinajstić information content (AvgIpc) is 2.64. The number of nitrogens with zero attached hydrogens (tertiary/aromatic N) is 2. The molecule has 0 radical (unpaired) electrons. The van der Waals surface area contributed by atoms with Gasteiger partial charge in [-0.3, -0.25) is 9.59 Å². The van der Waals surface area contributed by atoms with Crippen LogP contribution in [-0.4, -0.2) is 43.0 Å². The number of anilines is 1. The Morgan fingerprint density at radius 1 is 1.12 bits per heavy atom. The second kappa shape index (κ2) is 7.20. The van der Waals surface area contributed by atoms with Crippen molar-refractivity contribution >= 4 is 17.5 Å². The van der Waals surface area contributed by atoms with Crippen molar-refractivity contribution in [2.24, 2.45) is 0 Å². The minimum Gasteiger partial charge on any atom is -0.495 e. The zero-order valence-electron chi connectivity index (χ0n) is 15.7. The summed E-state index contributed by atoms with van der Waals surface area (Å²) in [5, 5.41) is 0. The lowest BCUT2D eigenvalue weighted by molar-refractivity contribution is -0.124. The van der Waals surface area contributed by atoms with Crippen molar-refractivity contribution in [1.29, 1.82) is 0 Å². The first-order valence-corrected chi connectivity index (χ1v) is 8.76. The van der Waals surface area contributed by atoms with E-state index >= 15 is 0 Å². The molecule has 2 aromatic carbocycles. The van der Waals surface area contributed by atoms with Crippen LogP contribution in [0.2, 0.25) is 0 Å². The van der Waals surface area contributed by atoms with Gasteiger partial charge in [-0.15, -0.1) is 0 Å². The summed E-state index contributed by atoms with van der Waals surface area (Å²) in [7, 11) is 1.60. The van der Waals surface area contributed by atoms with E-state index in [0.717, 1.165) is 16.8 Å². The Bertz CT molecular complexity index is 847. The fourth-order valence-corrected chi connectivity index (χ4v) is 3.37. The van der Waals surface area contributed by atoms with E-state index in [1.54, 1.807) is 23.8 Å². The summed E-state index contributed by atoms with van der Waals surface area (Å²) in [6, 6.07) is 12.7.